The van der Waals surface area contributed by atoms with Crippen molar-refractivity contribution in [3.8, 4) is 5.88 Å². The van der Waals surface area contributed by atoms with Crippen molar-refractivity contribution in [2.24, 2.45) is 12.9 Å². The zero-order chi connectivity index (χ0) is 12.3. The van der Waals surface area contributed by atoms with Crippen LogP contribution in [0.5, 0.6) is 5.88 Å². The van der Waals surface area contributed by atoms with Gasteiger partial charge in [-0.05, 0) is 6.07 Å². The van der Waals surface area contributed by atoms with Crippen LogP contribution in [0.4, 0.5) is 0 Å². The molecule has 1 atom stereocenters. The molecule has 7 nitrogen and oxygen atoms in total. The molecule has 0 bridgehead atoms. The minimum atomic E-state index is -0.251. The average molecular weight is 234 g/mol. The Hall–Kier alpha value is -1.99. The molecule has 0 saturated carbocycles. The first-order chi connectivity index (χ1) is 8.26. The fourth-order valence-electron chi connectivity index (χ4n) is 1.61. The molecule has 2 aromatic rings. The number of aryl methyl sites for hydroxylation is 1. The maximum atomic E-state index is 5.56. The molecule has 2 rings (SSSR count). The Morgan fingerprint density at radius 3 is 2.88 bits per heavy atom. The highest BCUT2D eigenvalue weighted by molar-refractivity contribution is 5.24. The van der Waals surface area contributed by atoms with Crippen LogP contribution in [0, 0.1) is 0 Å². The van der Waals surface area contributed by atoms with E-state index in [1.165, 1.54) is 6.33 Å². The molecule has 90 valence electrons. The smallest absolute Gasteiger partial charge is 0.216 e. The zero-order valence-corrected chi connectivity index (χ0v) is 9.66. The summed E-state index contributed by atoms with van der Waals surface area (Å²) in [6, 6.07) is 3.36. The fraction of sp³-hybridized carbons (Fsp3) is 0.300. The molecule has 0 fully saturated rings. The number of hydrazine groups is 1. The Balaban J connectivity index is 2.38. The predicted molar refractivity (Wildman–Crippen MR) is 61.0 cm³/mol. The second-order valence-corrected chi connectivity index (χ2v) is 3.46. The quantitative estimate of drug-likeness (QED) is 0.561. The first kappa shape index (κ1) is 11.5. The summed E-state index contributed by atoms with van der Waals surface area (Å²) in [6.45, 7) is 0. The van der Waals surface area contributed by atoms with Crippen LogP contribution in [0.3, 0.4) is 0 Å². The molecule has 3 N–H and O–H groups in total. The largest absolute Gasteiger partial charge is 0.481 e. The third-order valence-corrected chi connectivity index (χ3v) is 2.49. The highest BCUT2D eigenvalue weighted by atomic mass is 16.5. The van der Waals surface area contributed by atoms with Gasteiger partial charge in [-0.3, -0.25) is 10.5 Å². The second-order valence-electron chi connectivity index (χ2n) is 3.46. The maximum Gasteiger partial charge on any atom is 0.216 e. The Labute approximate surface area is 98.6 Å². The Morgan fingerprint density at radius 2 is 2.29 bits per heavy atom. The SMILES string of the molecule is COc1cc(C(NN)c2ccnn2C)ncn1. The van der Waals surface area contributed by atoms with Gasteiger partial charge in [-0.25, -0.2) is 15.4 Å². The number of methoxy groups -OCH3 is 1. The van der Waals surface area contributed by atoms with Gasteiger partial charge in [0.05, 0.1) is 18.5 Å². The van der Waals surface area contributed by atoms with Gasteiger partial charge in [0, 0.05) is 19.3 Å². The van der Waals surface area contributed by atoms with Crippen LogP contribution in [-0.4, -0.2) is 26.9 Å². The van der Waals surface area contributed by atoms with Gasteiger partial charge in [-0.1, -0.05) is 0 Å². The van der Waals surface area contributed by atoms with Crippen LogP contribution in [0.25, 0.3) is 0 Å². The monoisotopic (exact) mass is 234 g/mol. The Bertz CT molecular complexity index is 497. The topological polar surface area (TPSA) is 90.9 Å². The van der Waals surface area contributed by atoms with Crippen molar-refractivity contribution in [3.05, 3.63) is 36.0 Å². The van der Waals surface area contributed by atoms with E-state index in [2.05, 4.69) is 20.5 Å². The van der Waals surface area contributed by atoms with Gasteiger partial charge < -0.3 is 4.74 Å². The number of nitrogens with two attached hydrogens (primary N) is 1. The van der Waals surface area contributed by atoms with E-state index in [4.69, 9.17) is 10.6 Å². The minimum absolute atomic E-state index is 0.251. The van der Waals surface area contributed by atoms with Gasteiger partial charge in [0.1, 0.15) is 12.4 Å². The number of rotatable bonds is 4. The number of nitrogens with zero attached hydrogens (tertiary/aromatic N) is 4. The fourth-order valence-corrected chi connectivity index (χ4v) is 1.61. The summed E-state index contributed by atoms with van der Waals surface area (Å²) in [5.74, 6) is 6.06. The van der Waals surface area contributed by atoms with Crippen LogP contribution in [0.1, 0.15) is 17.4 Å². The molecule has 2 aromatic heterocycles. The molecular weight excluding hydrogens is 220 g/mol. The van der Waals surface area contributed by atoms with Crippen LogP contribution in [0.15, 0.2) is 24.7 Å². The number of hydrogen-bond acceptors (Lipinski definition) is 6. The Kier molecular flexibility index (Phi) is 3.31. The van der Waals surface area contributed by atoms with Crippen molar-refractivity contribution in [2.45, 2.75) is 6.04 Å². The number of hydrogen-bond donors (Lipinski definition) is 2. The minimum Gasteiger partial charge on any atom is -0.481 e. The van der Waals surface area contributed by atoms with Crippen LogP contribution in [0.2, 0.25) is 0 Å². The van der Waals surface area contributed by atoms with Gasteiger partial charge >= 0.3 is 0 Å². The first-order valence-corrected chi connectivity index (χ1v) is 5.06. The highest BCUT2D eigenvalue weighted by Gasteiger charge is 2.17. The van der Waals surface area contributed by atoms with E-state index in [-0.39, 0.29) is 6.04 Å². The molecular formula is C10H14N6O. The van der Waals surface area contributed by atoms with E-state index >= 15 is 0 Å². The van der Waals surface area contributed by atoms with Gasteiger partial charge in [-0.15, -0.1) is 0 Å². The molecule has 0 aliphatic heterocycles. The van der Waals surface area contributed by atoms with Crippen molar-refractivity contribution in [1.82, 2.24) is 25.2 Å². The van der Waals surface area contributed by atoms with Crippen LogP contribution in [-0.2, 0) is 7.05 Å². The van der Waals surface area contributed by atoms with Crippen molar-refractivity contribution in [1.29, 1.82) is 0 Å². The van der Waals surface area contributed by atoms with E-state index in [1.54, 1.807) is 24.1 Å². The lowest BCUT2D eigenvalue weighted by molar-refractivity contribution is 0.394. The van der Waals surface area contributed by atoms with E-state index in [0.29, 0.717) is 5.88 Å². The molecule has 0 aliphatic carbocycles. The summed E-state index contributed by atoms with van der Waals surface area (Å²) >= 11 is 0. The average Bonchev–Trinajstić information content (AvgIpc) is 2.77. The number of aromatic nitrogens is 4. The third kappa shape index (κ3) is 2.24. The van der Waals surface area contributed by atoms with Gasteiger partial charge in [0.25, 0.3) is 0 Å². The normalized spacial score (nSPS) is 12.4. The summed E-state index contributed by atoms with van der Waals surface area (Å²) in [4.78, 5) is 8.13. The third-order valence-electron chi connectivity index (χ3n) is 2.49. The van der Waals surface area contributed by atoms with Crippen LogP contribution >= 0.6 is 0 Å². The van der Waals surface area contributed by atoms with Gasteiger partial charge in [0.2, 0.25) is 5.88 Å². The molecule has 0 radical (unpaired) electrons. The molecule has 0 aliphatic rings. The summed E-state index contributed by atoms with van der Waals surface area (Å²) in [5, 5.41) is 4.10. The Morgan fingerprint density at radius 1 is 1.47 bits per heavy atom. The lowest BCUT2D eigenvalue weighted by Crippen LogP contribution is -2.31. The zero-order valence-electron chi connectivity index (χ0n) is 9.66. The van der Waals surface area contributed by atoms with Crippen molar-refractivity contribution >= 4 is 0 Å². The molecule has 7 heteroatoms. The van der Waals surface area contributed by atoms with E-state index in [0.717, 1.165) is 11.4 Å². The van der Waals surface area contributed by atoms with Crippen molar-refractivity contribution < 1.29 is 4.74 Å². The van der Waals surface area contributed by atoms with E-state index in [9.17, 15) is 0 Å². The number of ether oxygens (including phenoxy) is 1. The molecule has 1 unspecified atom stereocenters. The molecule has 0 amide bonds. The predicted octanol–water partition coefficient (Wildman–Crippen LogP) is -0.229. The number of nitrogens with one attached hydrogen (secondary N) is 1. The summed E-state index contributed by atoms with van der Waals surface area (Å²) < 4.78 is 6.79. The van der Waals surface area contributed by atoms with Crippen molar-refractivity contribution in [2.75, 3.05) is 7.11 Å². The molecule has 0 aromatic carbocycles. The summed E-state index contributed by atoms with van der Waals surface area (Å²) in [5.41, 5.74) is 4.34. The van der Waals surface area contributed by atoms with Crippen LogP contribution < -0.4 is 16.0 Å². The molecule has 17 heavy (non-hydrogen) atoms. The highest BCUT2D eigenvalue weighted by Crippen LogP contribution is 2.20. The lowest BCUT2D eigenvalue weighted by atomic mass is 10.1. The summed E-state index contributed by atoms with van der Waals surface area (Å²) in [6.07, 6.45) is 3.15. The molecule has 2 heterocycles. The van der Waals surface area contributed by atoms with E-state index in [1.807, 2.05) is 13.1 Å². The van der Waals surface area contributed by atoms with Crippen molar-refractivity contribution in [3.63, 3.8) is 0 Å². The summed E-state index contributed by atoms with van der Waals surface area (Å²) in [7, 11) is 3.40. The maximum absolute atomic E-state index is 5.56. The van der Waals surface area contributed by atoms with E-state index < -0.39 is 0 Å². The second kappa shape index (κ2) is 4.89. The van der Waals surface area contributed by atoms with Gasteiger partial charge in [0.15, 0.2) is 0 Å². The lowest BCUT2D eigenvalue weighted by Gasteiger charge is -2.15. The molecule has 0 saturated heterocycles. The molecule has 0 spiro atoms. The first-order valence-electron chi connectivity index (χ1n) is 5.06. The van der Waals surface area contributed by atoms with Gasteiger partial charge in [-0.2, -0.15) is 5.10 Å². The standard InChI is InChI=1S/C10H14N6O/c1-16-8(3-4-14-16)10(15-11)7-5-9(17-2)13-6-12-7/h3-6,10,15H,11H2,1-2H3.